The number of amides is 1. The molecule has 1 atom stereocenters. The zero-order valence-electron chi connectivity index (χ0n) is 16.7. The van der Waals surface area contributed by atoms with Crippen LogP contribution in [-0.4, -0.2) is 34.6 Å². The van der Waals surface area contributed by atoms with Gasteiger partial charge in [0.05, 0.1) is 6.04 Å². The third-order valence-corrected chi connectivity index (χ3v) is 6.05. The fraction of sp³-hybridized carbons (Fsp3) is 0.292. The van der Waals surface area contributed by atoms with Crippen molar-refractivity contribution < 1.29 is 9.53 Å². The van der Waals surface area contributed by atoms with E-state index in [0.717, 1.165) is 49.6 Å². The summed E-state index contributed by atoms with van der Waals surface area (Å²) in [6, 6.07) is 19.2. The molecule has 6 heteroatoms. The van der Waals surface area contributed by atoms with Gasteiger partial charge in [0, 0.05) is 55.9 Å². The predicted molar refractivity (Wildman–Crippen MR) is 115 cm³/mol. The normalized spacial score (nSPS) is 19.6. The lowest BCUT2D eigenvalue weighted by Crippen LogP contribution is -2.52. The van der Waals surface area contributed by atoms with E-state index in [0.29, 0.717) is 5.56 Å². The molecule has 2 aromatic carbocycles. The molecular formula is C24H24N4O2. The molecule has 1 aromatic heterocycles. The number of aromatic nitrogens is 2. The van der Waals surface area contributed by atoms with Crippen LogP contribution in [0.4, 0.5) is 5.95 Å². The molecule has 3 heterocycles. The zero-order valence-corrected chi connectivity index (χ0v) is 16.7. The van der Waals surface area contributed by atoms with Gasteiger partial charge in [0.1, 0.15) is 11.4 Å². The molecule has 0 unspecified atom stereocenters. The van der Waals surface area contributed by atoms with Gasteiger partial charge in [-0.3, -0.25) is 4.79 Å². The SMILES string of the molecule is O=C(N[C@H]1CC2(CCN(c3ncccn3)CC2)Oc2ccccc21)c1ccccc1. The van der Waals surface area contributed by atoms with Gasteiger partial charge in [0.25, 0.3) is 5.91 Å². The molecule has 0 saturated carbocycles. The van der Waals surface area contributed by atoms with E-state index in [-0.39, 0.29) is 17.6 Å². The summed E-state index contributed by atoms with van der Waals surface area (Å²) >= 11 is 0. The van der Waals surface area contributed by atoms with E-state index in [1.54, 1.807) is 12.4 Å². The highest BCUT2D eigenvalue weighted by Crippen LogP contribution is 2.44. The summed E-state index contributed by atoms with van der Waals surface area (Å²) in [6.45, 7) is 1.65. The molecule has 3 aromatic rings. The van der Waals surface area contributed by atoms with Gasteiger partial charge >= 0.3 is 0 Å². The summed E-state index contributed by atoms with van der Waals surface area (Å²) in [6.07, 6.45) is 6.02. The van der Waals surface area contributed by atoms with Crippen molar-refractivity contribution >= 4 is 11.9 Å². The van der Waals surface area contributed by atoms with E-state index < -0.39 is 0 Å². The number of hydrogen-bond acceptors (Lipinski definition) is 5. The van der Waals surface area contributed by atoms with Gasteiger partial charge < -0.3 is 15.0 Å². The van der Waals surface area contributed by atoms with Gasteiger partial charge in [-0.2, -0.15) is 0 Å². The number of hydrogen-bond donors (Lipinski definition) is 1. The number of rotatable bonds is 3. The third-order valence-electron chi connectivity index (χ3n) is 6.05. The average molecular weight is 400 g/mol. The Balaban J connectivity index is 1.36. The van der Waals surface area contributed by atoms with Crippen LogP contribution in [0.5, 0.6) is 5.75 Å². The Morgan fingerprint density at radius 3 is 2.43 bits per heavy atom. The maximum absolute atomic E-state index is 12.9. The van der Waals surface area contributed by atoms with Crippen molar-refractivity contribution in [3.8, 4) is 5.75 Å². The fourth-order valence-electron chi connectivity index (χ4n) is 4.45. The van der Waals surface area contributed by atoms with Gasteiger partial charge in [0.2, 0.25) is 5.95 Å². The Morgan fingerprint density at radius 1 is 0.967 bits per heavy atom. The topological polar surface area (TPSA) is 67.4 Å². The van der Waals surface area contributed by atoms with Crippen molar-refractivity contribution in [3.05, 3.63) is 84.2 Å². The van der Waals surface area contributed by atoms with Crippen molar-refractivity contribution in [2.75, 3.05) is 18.0 Å². The van der Waals surface area contributed by atoms with Gasteiger partial charge in [-0.1, -0.05) is 36.4 Å². The number of benzene rings is 2. The number of carbonyl (C=O) groups is 1. The summed E-state index contributed by atoms with van der Waals surface area (Å²) in [7, 11) is 0. The minimum atomic E-state index is -0.297. The molecule has 2 aliphatic heterocycles. The fourth-order valence-corrected chi connectivity index (χ4v) is 4.45. The van der Waals surface area contributed by atoms with Gasteiger partial charge in [0.15, 0.2) is 0 Å². The van der Waals surface area contributed by atoms with E-state index in [1.165, 1.54) is 0 Å². The molecule has 6 nitrogen and oxygen atoms in total. The van der Waals surface area contributed by atoms with Crippen LogP contribution in [-0.2, 0) is 0 Å². The van der Waals surface area contributed by atoms with Crippen LogP contribution in [0.15, 0.2) is 73.1 Å². The summed E-state index contributed by atoms with van der Waals surface area (Å²) in [5.74, 6) is 1.58. The first-order valence-corrected chi connectivity index (χ1v) is 10.4. The van der Waals surface area contributed by atoms with Gasteiger partial charge in [-0.15, -0.1) is 0 Å². The first-order valence-electron chi connectivity index (χ1n) is 10.4. The van der Waals surface area contributed by atoms with Crippen molar-refractivity contribution in [2.45, 2.75) is 30.9 Å². The standard InChI is InChI=1S/C24H24N4O2/c29-22(18-7-2-1-3-8-18)27-20-17-24(30-21-10-5-4-9-19(20)21)11-15-28(16-12-24)23-25-13-6-14-26-23/h1-10,13-14,20H,11-12,15-17H2,(H,27,29)/t20-/m0/s1. The number of nitrogens with one attached hydrogen (secondary N) is 1. The van der Waals surface area contributed by atoms with Crippen molar-refractivity contribution in [3.63, 3.8) is 0 Å². The molecule has 0 bridgehead atoms. The summed E-state index contributed by atoms with van der Waals surface area (Å²) in [4.78, 5) is 23.8. The number of carbonyl (C=O) groups excluding carboxylic acids is 1. The van der Waals surface area contributed by atoms with Crippen LogP contribution >= 0.6 is 0 Å². The highest BCUT2D eigenvalue weighted by atomic mass is 16.5. The number of anilines is 1. The molecule has 5 rings (SSSR count). The van der Waals surface area contributed by atoms with Gasteiger partial charge in [-0.05, 0) is 24.3 Å². The number of ether oxygens (including phenoxy) is 1. The average Bonchev–Trinajstić information content (AvgIpc) is 2.81. The van der Waals surface area contributed by atoms with E-state index in [4.69, 9.17) is 4.74 Å². The molecule has 2 aliphatic rings. The Bertz CT molecular complexity index is 1020. The van der Waals surface area contributed by atoms with Gasteiger partial charge in [-0.25, -0.2) is 9.97 Å². The van der Waals surface area contributed by atoms with E-state index >= 15 is 0 Å². The Labute approximate surface area is 175 Å². The molecule has 1 fully saturated rings. The second-order valence-corrected chi connectivity index (χ2v) is 7.95. The van der Waals surface area contributed by atoms with Crippen LogP contribution in [0.2, 0.25) is 0 Å². The molecule has 152 valence electrons. The summed E-state index contributed by atoms with van der Waals surface area (Å²) in [5.41, 5.74) is 1.42. The molecule has 0 aliphatic carbocycles. The molecule has 0 radical (unpaired) electrons. The minimum Gasteiger partial charge on any atom is -0.487 e. The molecule has 1 amide bonds. The Hall–Kier alpha value is -3.41. The van der Waals surface area contributed by atoms with Crippen molar-refractivity contribution in [2.24, 2.45) is 0 Å². The Morgan fingerprint density at radius 2 is 1.67 bits per heavy atom. The maximum atomic E-state index is 12.9. The number of nitrogens with zero attached hydrogens (tertiary/aromatic N) is 3. The lowest BCUT2D eigenvalue weighted by atomic mass is 9.80. The first kappa shape index (κ1) is 18.6. The molecule has 30 heavy (non-hydrogen) atoms. The van der Waals surface area contributed by atoms with Crippen molar-refractivity contribution in [1.29, 1.82) is 0 Å². The first-order chi connectivity index (χ1) is 14.7. The number of para-hydroxylation sites is 1. The van der Waals surface area contributed by atoms with Crippen molar-refractivity contribution in [1.82, 2.24) is 15.3 Å². The lowest BCUT2D eigenvalue weighted by Gasteiger charge is -2.47. The van der Waals surface area contributed by atoms with E-state index in [1.807, 2.05) is 60.7 Å². The zero-order chi connectivity index (χ0) is 20.4. The van der Waals surface area contributed by atoms with E-state index in [2.05, 4.69) is 20.2 Å². The van der Waals surface area contributed by atoms with Crippen LogP contribution < -0.4 is 15.0 Å². The summed E-state index contributed by atoms with van der Waals surface area (Å²) < 4.78 is 6.54. The Kier molecular flexibility index (Phi) is 4.83. The molecule has 1 spiro atoms. The van der Waals surface area contributed by atoms with Crippen LogP contribution in [0, 0.1) is 0 Å². The molecule has 1 N–H and O–H groups in total. The highest BCUT2D eigenvalue weighted by Gasteiger charge is 2.44. The lowest BCUT2D eigenvalue weighted by molar-refractivity contribution is 0.00846. The predicted octanol–water partition coefficient (Wildman–Crippen LogP) is 3.77. The molecular weight excluding hydrogens is 376 g/mol. The van der Waals surface area contributed by atoms with Crippen LogP contribution in [0.25, 0.3) is 0 Å². The second-order valence-electron chi connectivity index (χ2n) is 7.95. The quantitative estimate of drug-likeness (QED) is 0.725. The van der Waals surface area contributed by atoms with Crippen LogP contribution in [0.3, 0.4) is 0 Å². The largest absolute Gasteiger partial charge is 0.487 e. The monoisotopic (exact) mass is 400 g/mol. The van der Waals surface area contributed by atoms with E-state index in [9.17, 15) is 4.79 Å². The maximum Gasteiger partial charge on any atom is 0.251 e. The molecule has 1 saturated heterocycles. The highest BCUT2D eigenvalue weighted by molar-refractivity contribution is 5.94. The number of piperidine rings is 1. The van der Waals surface area contributed by atoms with Crippen LogP contribution in [0.1, 0.15) is 41.2 Å². The number of fused-ring (bicyclic) bond motifs is 1. The smallest absolute Gasteiger partial charge is 0.251 e. The second kappa shape index (κ2) is 7.78. The minimum absolute atomic E-state index is 0.0532. The third kappa shape index (κ3) is 3.61. The summed E-state index contributed by atoms with van der Waals surface area (Å²) in [5, 5.41) is 3.25.